The van der Waals surface area contributed by atoms with Crippen molar-refractivity contribution in [3.8, 4) is 78.5 Å². The quantitative estimate of drug-likeness (QED) is 0.152. The molecule has 0 N–H and O–H groups in total. The van der Waals surface area contributed by atoms with Crippen LogP contribution in [-0.2, 0) is 0 Å². The molecular formula is C57H37N3. The van der Waals surface area contributed by atoms with Gasteiger partial charge in [0.05, 0.1) is 22.6 Å². The molecule has 2 aromatic heterocycles. The Morgan fingerprint density at radius 3 is 1.35 bits per heavy atom. The summed E-state index contributed by atoms with van der Waals surface area (Å²) < 4.78 is 0. The first-order valence-corrected chi connectivity index (χ1v) is 20.3. The SMILES string of the molecule is c1ccc(-c2cccc(-c3cc(-c4cccc(-c5ccccc5)c4)nc(-c4ccc(-c5cccc(-c6nc7ccccc7c7c6ccc6ccccc67)c5)cc4)n3)c2)cc1. The van der Waals surface area contributed by atoms with E-state index in [4.69, 9.17) is 15.0 Å². The second kappa shape index (κ2) is 15.1. The molecule has 11 aromatic rings. The van der Waals surface area contributed by atoms with Crippen molar-refractivity contribution in [3.05, 3.63) is 224 Å². The van der Waals surface area contributed by atoms with Gasteiger partial charge in [0.15, 0.2) is 5.82 Å². The van der Waals surface area contributed by atoms with E-state index in [1.165, 1.54) is 32.7 Å². The Labute approximate surface area is 349 Å². The fourth-order valence-electron chi connectivity index (χ4n) is 8.45. The van der Waals surface area contributed by atoms with Crippen LogP contribution in [0.4, 0.5) is 0 Å². The highest BCUT2D eigenvalue weighted by molar-refractivity contribution is 6.22. The Hall–Kier alpha value is -8.01. The summed E-state index contributed by atoms with van der Waals surface area (Å²) in [6.45, 7) is 0. The summed E-state index contributed by atoms with van der Waals surface area (Å²) in [4.78, 5) is 15.7. The van der Waals surface area contributed by atoms with E-state index in [1.807, 2.05) is 12.1 Å². The predicted octanol–water partition coefficient (Wildman–Crippen LogP) is 15.0. The van der Waals surface area contributed by atoms with Crippen LogP contribution in [0.25, 0.3) is 111 Å². The average molecular weight is 764 g/mol. The molecule has 0 saturated heterocycles. The van der Waals surface area contributed by atoms with Gasteiger partial charge in [0.25, 0.3) is 0 Å². The Balaban J connectivity index is 0.995. The molecular weight excluding hydrogens is 727 g/mol. The van der Waals surface area contributed by atoms with Crippen molar-refractivity contribution in [3.63, 3.8) is 0 Å². The van der Waals surface area contributed by atoms with Crippen molar-refractivity contribution in [1.29, 1.82) is 0 Å². The monoisotopic (exact) mass is 763 g/mol. The third kappa shape index (κ3) is 6.58. The number of pyridine rings is 1. The van der Waals surface area contributed by atoms with E-state index in [1.54, 1.807) is 0 Å². The normalized spacial score (nSPS) is 11.3. The van der Waals surface area contributed by atoms with E-state index in [-0.39, 0.29) is 0 Å². The second-order valence-electron chi connectivity index (χ2n) is 15.2. The smallest absolute Gasteiger partial charge is 0.160 e. The maximum atomic E-state index is 5.26. The topological polar surface area (TPSA) is 38.7 Å². The minimum atomic E-state index is 0.678. The van der Waals surface area contributed by atoms with E-state index < -0.39 is 0 Å². The molecule has 3 nitrogen and oxygen atoms in total. The van der Waals surface area contributed by atoms with Gasteiger partial charge in [0, 0.05) is 38.4 Å². The van der Waals surface area contributed by atoms with E-state index in [9.17, 15) is 0 Å². The van der Waals surface area contributed by atoms with Crippen LogP contribution >= 0.6 is 0 Å². The van der Waals surface area contributed by atoms with Crippen molar-refractivity contribution in [2.24, 2.45) is 0 Å². The van der Waals surface area contributed by atoms with Gasteiger partial charge in [-0.1, -0.05) is 194 Å². The summed E-state index contributed by atoms with van der Waals surface area (Å²) in [6.07, 6.45) is 0. The molecule has 2 heterocycles. The number of hydrogen-bond acceptors (Lipinski definition) is 3. The summed E-state index contributed by atoms with van der Waals surface area (Å²) >= 11 is 0. The lowest BCUT2D eigenvalue weighted by molar-refractivity contribution is 1.18. The van der Waals surface area contributed by atoms with Crippen LogP contribution < -0.4 is 0 Å². The summed E-state index contributed by atoms with van der Waals surface area (Å²) in [6, 6.07) is 79.2. The zero-order chi connectivity index (χ0) is 39.8. The van der Waals surface area contributed by atoms with Crippen LogP contribution in [0.5, 0.6) is 0 Å². The molecule has 0 atom stereocenters. The van der Waals surface area contributed by atoms with Gasteiger partial charge < -0.3 is 0 Å². The van der Waals surface area contributed by atoms with Gasteiger partial charge in [0.1, 0.15) is 0 Å². The Morgan fingerprint density at radius 2 is 0.717 bits per heavy atom. The standard InChI is InChI=1S/C57H37N3/c1-3-14-38(15-4-1)43-19-11-22-46(34-43)53-37-54(47-23-12-20-44(35-47)39-16-5-2-6-17-39)60-57(59-53)42-30-28-40(29-31-42)45-21-13-24-48(36-45)56-51-33-32-41-18-7-8-25-49(41)55(51)50-26-9-10-27-52(50)58-56/h1-37H. The van der Waals surface area contributed by atoms with E-state index in [0.717, 1.165) is 72.5 Å². The molecule has 0 radical (unpaired) electrons. The highest BCUT2D eigenvalue weighted by Crippen LogP contribution is 2.39. The van der Waals surface area contributed by atoms with Crippen LogP contribution in [0.3, 0.4) is 0 Å². The number of nitrogens with zero attached hydrogens (tertiary/aromatic N) is 3. The molecule has 0 aliphatic heterocycles. The summed E-state index contributed by atoms with van der Waals surface area (Å²) in [5.41, 5.74) is 14.7. The molecule has 0 amide bonds. The van der Waals surface area contributed by atoms with Crippen LogP contribution in [0.2, 0.25) is 0 Å². The highest BCUT2D eigenvalue weighted by Gasteiger charge is 2.16. The average Bonchev–Trinajstić information content (AvgIpc) is 3.34. The predicted molar refractivity (Wildman–Crippen MR) is 250 cm³/mol. The van der Waals surface area contributed by atoms with Gasteiger partial charge in [-0.05, 0) is 74.5 Å². The fourth-order valence-corrected chi connectivity index (χ4v) is 8.45. The number of benzene rings is 9. The Bertz CT molecular complexity index is 3240. The number of aromatic nitrogens is 3. The van der Waals surface area contributed by atoms with Crippen LogP contribution in [0, 0.1) is 0 Å². The van der Waals surface area contributed by atoms with Gasteiger partial charge in [-0.25, -0.2) is 15.0 Å². The second-order valence-corrected chi connectivity index (χ2v) is 15.2. The van der Waals surface area contributed by atoms with Crippen LogP contribution in [-0.4, -0.2) is 15.0 Å². The summed E-state index contributed by atoms with van der Waals surface area (Å²) in [5.74, 6) is 0.678. The molecule has 0 aliphatic rings. The van der Waals surface area contributed by atoms with Crippen molar-refractivity contribution < 1.29 is 0 Å². The molecule has 0 bridgehead atoms. The van der Waals surface area contributed by atoms with Gasteiger partial charge >= 0.3 is 0 Å². The van der Waals surface area contributed by atoms with E-state index in [0.29, 0.717) is 5.82 Å². The van der Waals surface area contributed by atoms with Gasteiger partial charge in [0.2, 0.25) is 0 Å². The molecule has 11 rings (SSSR count). The first-order chi connectivity index (χ1) is 29.7. The lowest BCUT2D eigenvalue weighted by atomic mass is 9.94. The minimum absolute atomic E-state index is 0.678. The Kier molecular flexibility index (Phi) is 8.83. The van der Waals surface area contributed by atoms with Gasteiger partial charge in [-0.15, -0.1) is 0 Å². The molecule has 0 fully saturated rings. The number of hydrogen-bond donors (Lipinski definition) is 0. The zero-order valence-electron chi connectivity index (χ0n) is 32.7. The molecule has 3 heteroatoms. The molecule has 60 heavy (non-hydrogen) atoms. The van der Waals surface area contributed by atoms with Gasteiger partial charge in [-0.2, -0.15) is 0 Å². The first kappa shape index (κ1) is 35.2. The third-order valence-electron chi connectivity index (χ3n) is 11.5. The summed E-state index contributed by atoms with van der Waals surface area (Å²) in [5, 5.41) is 6.02. The molecule has 0 spiro atoms. The molecule has 0 unspecified atom stereocenters. The first-order valence-electron chi connectivity index (χ1n) is 20.3. The van der Waals surface area contributed by atoms with E-state index in [2.05, 4.69) is 212 Å². The zero-order valence-corrected chi connectivity index (χ0v) is 32.7. The fraction of sp³-hybridized carbons (Fsp3) is 0. The maximum Gasteiger partial charge on any atom is 0.160 e. The van der Waals surface area contributed by atoms with Crippen molar-refractivity contribution >= 4 is 32.4 Å². The van der Waals surface area contributed by atoms with E-state index >= 15 is 0 Å². The number of fused-ring (bicyclic) bond motifs is 5. The van der Waals surface area contributed by atoms with Crippen LogP contribution in [0.1, 0.15) is 0 Å². The highest BCUT2D eigenvalue weighted by atomic mass is 14.9. The van der Waals surface area contributed by atoms with Crippen LogP contribution in [0.15, 0.2) is 224 Å². The van der Waals surface area contributed by atoms with Gasteiger partial charge in [-0.3, -0.25) is 0 Å². The minimum Gasteiger partial charge on any atom is -0.247 e. The number of rotatable bonds is 7. The lowest BCUT2D eigenvalue weighted by Gasteiger charge is -2.14. The molecule has 280 valence electrons. The van der Waals surface area contributed by atoms with Crippen molar-refractivity contribution in [2.45, 2.75) is 0 Å². The lowest BCUT2D eigenvalue weighted by Crippen LogP contribution is -1.96. The molecule has 9 aromatic carbocycles. The molecule has 0 aliphatic carbocycles. The maximum absolute atomic E-state index is 5.26. The van der Waals surface area contributed by atoms with Crippen molar-refractivity contribution in [2.75, 3.05) is 0 Å². The largest absolute Gasteiger partial charge is 0.247 e. The van der Waals surface area contributed by atoms with Crippen molar-refractivity contribution in [1.82, 2.24) is 15.0 Å². The third-order valence-corrected chi connectivity index (χ3v) is 11.5. The molecule has 0 saturated carbocycles. The number of para-hydroxylation sites is 1. The Morgan fingerprint density at radius 1 is 0.250 bits per heavy atom. The summed E-state index contributed by atoms with van der Waals surface area (Å²) in [7, 11) is 0.